The summed E-state index contributed by atoms with van der Waals surface area (Å²) in [5.41, 5.74) is 0.802. The molecule has 0 bridgehead atoms. The van der Waals surface area contributed by atoms with Gasteiger partial charge in [0.2, 0.25) is 0 Å². The van der Waals surface area contributed by atoms with E-state index in [0.29, 0.717) is 0 Å². The molecule has 0 spiro atoms. The van der Waals surface area contributed by atoms with Crippen LogP contribution in [0.5, 0.6) is 0 Å². The van der Waals surface area contributed by atoms with Gasteiger partial charge >= 0.3 is 12.1 Å². The highest BCUT2D eigenvalue weighted by atomic mass is 19.4. The maximum absolute atomic E-state index is 11.6. The second-order valence-electron chi connectivity index (χ2n) is 3.41. The van der Waals surface area contributed by atoms with Crippen molar-refractivity contribution >= 4 is 5.97 Å². The Labute approximate surface area is 79.0 Å². The van der Waals surface area contributed by atoms with E-state index in [0.717, 1.165) is 0 Å². The van der Waals surface area contributed by atoms with Gasteiger partial charge in [0.15, 0.2) is 6.61 Å². The van der Waals surface area contributed by atoms with E-state index in [1.54, 1.807) is 0 Å². The molecular weight excluding hydrogens is 203 g/mol. The van der Waals surface area contributed by atoms with Gasteiger partial charge in [-0.2, -0.15) is 13.2 Å². The van der Waals surface area contributed by atoms with E-state index in [1.807, 2.05) is 5.48 Å². The normalized spacial score (nSPS) is 12.9. The molecule has 0 aromatic carbocycles. The summed E-state index contributed by atoms with van der Waals surface area (Å²) in [6, 6.07) is 0. The minimum absolute atomic E-state index is 0.196. The Bertz CT molecular complexity index is 203. The zero-order valence-electron chi connectivity index (χ0n) is 7.81. The summed E-state index contributed by atoms with van der Waals surface area (Å²) in [5.74, 6) is -1.11. The lowest BCUT2D eigenvalue weighted by Crippen LogP contribution is -2.37. The van der Waals surface area contributed by atoms with Crippen LogP contribution in [0.25, 0.3) is 0 Å². The van der Waals surface area contributed by atoms with Gasteiger partial charge in [-0.25, -0.2) is 5.48 Å². The smallest absolute Gasteiger partial charge is 0.413 e. The maximum atomic E-state index is 11.6. The largest absolute Gasteiger partial charge is 0.481 e. The van der Waals surface area contributed by atoms with Gasteiger partial charge in [-0.15, -0.1) is 0 Å². The van der Waals surface area contributed by atoms with Crippen LogP contribution in [0, 0.1) is 5.41 Å². The fourth-order valence-electron chi connectivity index (χ4n) is 0.440. The summed E-state index contributed by atoms with van der Waals surface area (Å²) in [6.07, 6.45) is -4.42. The van der Waals surface area contributed by atoms with Crippen molar-refractivity contribution in [3.63, 3.8) is 0 Å². The van der Waals surface area contributed by atoms with Crippen molar-refractivity contribution in [3.8, 4) is 0 Å². The Kier molecular flexibility index (Phi) is 4.34. The second kappa shape index (κ2) is 4.61. The molecule has 0 rings (SSSR count). The Hall–Kier alpha value is -0.820. The molecule has 0 atom stereocenters. The maximum Gasteiger partial charge on any atom is 0.413 e. The molecule has 0 radical (unpaired) electrons. The van der Waals surface area contributed by atoms with Gasteiger partial charge in [-0.05, 0) is 13.8 Å². The molecule has 0 saturated carbocycles. The molecule has 0 aromatic rings. The number of aliphatic carboxylic acids is 1. The lowest BCUT2D eigenvalue weighted by molar-refractivity contribution is -0.192. The van der Waals surface area contributed by atoms with Crippen molar-refractivity contribution < 1.29 is 27.9 Å². The van der Waals surface area contributed by atoms with E-state index in [-0.39, 0.29) is 6.54 Å². The fourth-order valence-corrected chi connectivity index (χ4v) is 0.440. The summed E-state index contributed by atoms with van der Waals surface area (Å²) in [7, 11) is 0. The molecule has 0 unspecified atom stereocenters. The van der Waals surface area contributed by atoms with E-state index >= 15 is 0 Å². The Morgan fingerprint density at radius 1 is 1.43 bits per heavy atom. The predicted molar refractivity (Wildman–Crippen MR) is 41.4 cm³/mol. The predicted octanol–water partition coefficient (Wildman–Crippen LogP) is 1.18. The van der Waals surface area contributed by atoms with Crippen LogP contribution in [-0.2, 0) is 9.63 Å². The van der Waals surface area contributed by atoms with Crippen molar-refractivity contribution in [2.75, 3.05) is 13.2 Å². The second-order valence-corrected chi connectivity index (χ2v) is 3.41. The minimum atomic E-state index is -4.42. The molecule has 7 heteroatoms. The van der Waals surface area contributed by atoms with Crippen molar-refractivity contribution in [1.29, 1.82) is 0 Å². The molecule has 14 heavy (non-hydrogen) atoms. The van der Waals surface area contributed by atoms with Crippen LogP contribution in [0.15, 0.2) is 0 Å². The van der Waals surface area contributed by atoms with Gasteiger partial charge in [0.1, 0.15) is 0 Å². The molecule has 0 heterocycles. The van der Waals surface area contributed by atoms with Crippen molar-refractivity contribution in [1.82, 2.24) is 5.48 Å². The van der Waals surface area contributed by atoms with Gasteiger partial charge in [0, 0.05) is 6.54 Å². The zero-order chi connectivity index (χ0) is 11.4. The molecule has 0 aliphatic carbocycles. The number of carboxylic acids is 1. The average Bonchev–Trinajstić information content (AvgIpc) is 1.96. The van der Waals surface area contributed by atoms with Crippen LogP contribution in [0.1, 0.15) is 13.8 Å². The number of hydrogen-bond acceptors (Lipinski definition) is 3. The molecule has 2 N–H and O–H groups in total. The number of nitrogens with one attached hydrogen (secondary N) is 1. The van der Waals surface area contributed by atoms with Gasteiger partial charge in [0.05, 0.1) is 5.41 Å². The number of rotatable bonds is 5. The Morgan fingerprint density at radius 2 is 1.93 bits per heavy atom. The molecule has 0 aromatic heterocycles. The zero-order valence-corrected chi connectivity index (χ0v) is 7.81. The Balaban J connectivity index is 3.70. The minimum Gasteiger partial charge on any atom is -0.481 e. The third-order valence-electron chi connectivity index (χ3n) is 1.43. The Morgan fingerprint density at radius 3 is 2.29 bits per heavy atom. The van der Waals surface area contributed by atoms with Crippen molar-refractivity contribution in [3.05, 3.63) is 0 Å². The van der Waals surface area contributed by atoms with Crippen LogP contribution in [0.3, 0.4) is 0 Å². The number of carboxylic acid groups (broad SMARTS) is 1. The molecule has 84 valence electrons. The van der Waals surface area contributed by atoms with Crippen LogP contribution < -0.4 is 5.48 Å². The fraction of sp³-hybridized carbons (Fsp3) is 0.857. The monoisotopic (exact) mass is 215 g/mol. The number of hydrogen-bond donors (Lipinski definition) is 2. The SMILES string of the molecule is CC(C)(CNOCC(F)(F)F)C(=O)O. The van der Waals surface area contributed by atoms with E-state index < -0.39 is 24.2 Å². The van der Waals surface area contributed by atoms with Crippen LogP contribution >= 0.6 is 0 Å². The first-order chi connectivity index (χ1) is 6.15. The van der Waals surface area contributed by atoms with Gasteiger partial charge in [-0.3, -0.25) is 9.63 Å². The van der Waals surface area contributed by atoms with Crippen molar-refractivity contribution in [2.24, 2.45) is 5.41 Å². The first-order valence-electron chi connectivity index (χ1n) is 3.80. The number of alkyl halides is 3. The van der Waals surface area contributed by atoms with Crippen LogP contribution in [0.4, 0.5) is 13.2 Å². The first kappa shape index (κ1) is 13.2. The first-order valence-corrected chi connectivity index (χ1v) is 3.80. The molecule has 0 aliphatic heterocycles. The van der Waals surface area contributed by atoms with E-state index in [1.165, 1.54) is 13.8 Å². The quantitative estimate of drug-likeness (QED) is 0.534. The average molecular weight is 215 g/mol. The number of hydroxylamine groups is 1. The molecule has 0 saturated heterocycles. The number of halogens is 3. The summed E-state index contributed by atoms with van der Waals surface area (Å²) >= 11 is 0. The molecule has 0 amide bonds. The van der Waals surface area contributed by atoms with Gasteiger partial charge < -0.3 is 5.11 Å². The van der Waals surface area contributed by atoms with Gasteiger partial charge in [0.25, 0.3) is 0 Å². The molecular formula is C7H12F3NO3. The topological polar surface area (TPSA) is 58.6 Å². The van der Waals surface area contributed by atoms with Crippen molar-refractivity contribution in [2.45, 2.75) is 20.0 Å². The number of carbonyl (C=O) groups is 1. The highest BCUT2D eigenvalue weighted by Crippen LogP contribution is 2.15. The lowest BCUT2D eigenvalue weighted by atomic mass is 9.94. The van der Waals surface area contributed by atoms with Crippen LogP contribution in [0.2, 0.25) is 0 Å². The van der Waals surface area contributed by atoms with E-state index in [9.17, 15) is 18.0 Å². The standard InChI is InChI=1S/C7H12F3NO3/c1-6(2,5(12)13)3-11-14-4-7(8,9)10/h11H,3-4H2,1-2H3,(H,12,13). The van der Waals surface area contributed by atoms with Crippen LogP contribution in [-0.4, -0.2) is 30.4 Å². The summed E-state index contributed by atoms with van der Waals surface area (Å²) < 4.78 is 34.7. The third-order valence-corrected chi connectivity index (χ3v) is 1.43. The third kappa shape index (κ3) is 5.76. The highest BCUT2D eigenvalue weighted by Gasteiger charge is 2.30. The van der Waals surface area contributed by atoms with E-state index in [4.69, 9.17) is 5.11 Å². The summed E-state index contributed by atoms with van der Waals surface area (Å²) in [6.45, 7) is 1.11. The molecule has 0 aliphatic rings. The molecule has 4 nitrogen and oxygen atoms in total. The highest BCUT2D eigenvalue weighted by molar-refractivity contribution is 5.73. The van der Waals surface area contributed by atoms with E-state index in [2.05, 4.69) is 4.84 Å². The molecule has 0 fully saturated rings. The summed E-state index contributed by atoms with van der Waals surface area (Å²) in [4.78, 5) is 14.5. The van der Waals surface area contributed by atoms with Gasteiger partial charge in [-0.1, -0.05) is 0 Å². The summed E-state index contributed by atoms with van der Waals surface area (Å²) in [5, 5.41) is 8.58. The lowest BCUT2D eigenvalue weighted by Gasteiger charge is -2.19.